The summed E-state index contributed by atoms with van der Waals surface area (Å²) in [7, 11) is 1.58. The molecule has 148 valence electrons. The first-order chi connectivity index (χ1) is 14.2. The lowest BCUT2D eigenvalue weighted by atomic mass is 9.89. The lowest BCUT2D eigenvalue weighted by Crippen LogP contribution is -2.38. The number of likely N-dealkylation sites (tertiary alicyclic amines) is 1. The second-order valence-electron chi connectivity index (χ2n) is 7.18. The highest BCUT2D eigenvalue weighted by atomic mass is 16.5. The smallest absolute Gasteiger partial charge is 0.276 e. The van der Waals surface area contributed by atoms with Gasteiger partial charge in [-0.05, 0) is 30.4 Å². The maximum atomic E-state index is 12.9. The van der Waals surface area contributed by atoms with Crippen LogP contribution >= 0.6 is 0 Å². The van der Waals surface area contributed by atoms with Crippen molar-refractivity contribution in [3.05, 3.63) is 77.5 Å². The molecule has 4 rings (SSSR count). The summed E-state index contributed by atoms with van der Waals surface area (Å²) in [5, 5.41) is 6.59. The monoisotopic (exact) mass is 389 g/mol. The van der Waals surface area contributed by atoms with Crippen molar-refractivity contribution >= 4 is 11.8 Å². The fourth-order valence-electron chi connectivity index (χ4n) is 3.84. The molecular formula is C23H23N3O3. The first-order valence-corrected chi connectivity index (χ1v) is 9.80. The molecule has 6 nitrogen and oxygen atoms in total. The average Bonchev–Trinajstić information content (AvgIpc) is 3.29. The molecule has 29 heavy (non-hydrogen) atoms. The molecule has 0 aliphatic carbocycles. The Morgan fingerprint density at radius 2 is 1.72 bits per heavy atom. The normalized spacial score (nSPS) is 14.6. The van der Waals surface area contributed by atoms with Crippen LogP contribution in [0.5, 0.6) is 0 Å². The molecule has 1 saturated heterocycles. The lowest BCUT2D eigenvalue weighted by Gasteiger charge is -2.31. The molecule has 1 aliphatic heterocycles. The Morgan fingerprint density at radius 1 is 1.03 bits per heavy atom. The van der Waals surface area contributed by atoms with Crippen molar-refractivity contribution < 1.29 is 14.1 Å². The van der Waals surface area contributed by atoms with Crippen LogP contribution in [-0.2, 0) is 0 Å². The third-order valence-corrected chi connectivity index (χ3v) is 5.45. The van der Waals surface area contributed by atoms with Crippen LogP contribution in [0.1, 0.15) is 45.2 Å². The molecule has 1 N–H and O–H groups in total. The minimum atomic E-state index is -0.215. The van der Waals surface area contributed by atoms with Gasteiger partial charge in [-0.1, -0.05) is 53.7 Å². The molecule has 3 aromatic rings. The summed E-state index contributed by atoms with van der Waals surface area (Å²) in [4.78, 5) is 26.8. The van der Waals surface area contributed by atoms with Gasteiger partial charge in [0.05, 0.1) is 5.56 Å². The molecule has 0 atom stereocenters. The number of rotatable bonds is 4. The highest BCUT2D eigenvalue weighted by molar-refractivity contribution is 6.00. The number of carbonyl (C=O) groups excluding carboxylic acids is 2. The van der Waals surface area contributed by atoms with E-state index in [9.17, 15) is 9.59 Å². The zero-order chi connectivity index (χ0) is 20.2. The number of carbonyl (C=O) groups is 2. The third kappa shape index (κ3) is 3.92. The number of benzene rings is 2. The molecular weight excluding hydrogens is 366 g/mol. The van der Waals surface area contributed by atoms with Crippen LogP contribution in [0.3, 0.4) is 0 Å². The molecule has 1 aliphatic rings. The Morgan fingerprint density at radius 3 is 2.45 bits per heavy atom. The maximum Gasteiger partial charge on any atom is 0.276 e. The molecule has 6 heteroatoms. The van der Waals surface area contributed by atoms with Gasteiger partial charge in [-0.3, -0.25) is 9.59 Å². The van der Waals surface area contributed by atoms with Crippen molar-refractivity contribution in [2.75, 3.05) is 20.1 Å². The number of aromatic nitrogens is 1. The van der Waals surface area contributed by atoms with Crippen LogP contribution in [0, 0.1) is 0 Å². The number of piperidine rings is 1. The van der Waals surface area contributed by atoms with E-state index in [0.717, 1.165) is 12.8 Å². The van der Waals surface area contributed by atoms with Crippen molar-refractivity contribution in [1.82, 2.24) is 15.4 Å². The maximum absolute atomic E-state index is 12.9. The lowest BCUT2D eigenvalue weighted by molar-refractivity contribution is 0.0702. The van der Waals surface area contributed by atoms with Crippen LogP contribution in [0.25, 0.3) is 11.3 Å². The second-order valence-corrected chi connectivity index (χ2v) is 7.18. The fourth-order valence-corrected chi connectivity index (χ4v) is 3.84. The zero-order valence-corrected chi connectivity index (χ0v) is 16.3. The van der Waals surface area contributed by atoms with E-state index in [4.69, 9.17) is 4.52 Å². The molecule has 0 bridgehead atoms. The van der Waals surface area contributed by atoms with Gasteiger partial charge in [-0.2, -0.15) is 0 Å². The van der Waals surface area contributed by atoms with Crippen molar-refractivity contribution in [2.45, 2.75) is 18.8 Å². The first kappa shape index (κ1) is 18.9. The highest BCUT2D eigenvalue weighted by Gasteiger charge is 2.27. The van der Waals surface area contributed by atoms with Gasteiger partial charge in [0.2, 0.25) is 0 Å². The van der Waals surface area contributed by atoms with Crippen molar-refractivity contribution in [2.24, 2.45) is 0 Å². The Labute approximate surface area is 169 Å². The van der Waals surface area contributed by atoms with Crippen LogP contribution in [-0.4, -0.2) is 42.0 Å². The summed E-state index contributed by atoms with van der Waals surface area (Å²) in [5.41, 5.74) is 2.69. The molecule has 2 aromatic carbocycles. The standard InChI is InChI=1S/C23H23N3O3/c1-24-22(27)19-10-6-5-9-18(19)21-15-20(25-29-21)23(28)26-13-11-17(12-14-26)16-7-3-2-4-8-16/h2-10,15,17H,11-14H2,1H3,(H,24,27). The van der Waals surface area contributed by atoms with Gasteiger partial charge in [0, 0.05) is 31.8 Å². The van der Waals surface area contributed by atoms with Gasteiger partial charge >= 0.3 is 0 Å². The van der Waals surface area contributed by atoms with Crippen molar-refractivity contribution in [3.8, 4) is 11.3 Å². The molecule has 2 amide bonds. The van der Waals surface area contributed by atoms with E-state index in [2.05, 4.69) is 34.7 Å². The van der Waals surface area contributed by atoms with Gasteiger partial charge in [-0.25, -0.2) is 0 Å². The molecule has 0 unspecified atom stereocenters. The van der Waals surface area contributed by atoms with Gasteiger partial charge < -0.3 is 14.7 Å². The highest BCUT2D eigenvalue weighted by Crippen LogP contribution is 2.29. The van der Waals surface area contributed by atoms with E-state index in [-0.39, 0.29) is 17.5 Å². The van der Waals surface area contributed by atoms with E-state index < -0.39 is 0 Å². The van der Waals surface area contributed by atoms with Crippen molar-refractivity contribution in [1.29, 1.82) is 0 Å². The number of nitrogens with one attached hydrogen (secondary N) is 1. The Balaban J connectivity index is 1.47. The largest absolute Gasteiger partial charge is 0.355 e. The minimum Gasteiger partial charge on any atom is -0.355 e. The van der Waals surface area contributed by atoms with Crippen LogP contribution in [0.15, 0.2) is 65.2 Å². The number of hydrogen-bond donors (Lipinski definition) is 1. The average molecular weight is 389 g/mol. The van der Waals surface area contributed by atoms with E-state index in [1.165, 1.54) is 5.56 Å². The molecule has 1 aromatic heterocycles. The van der Waals surface area contributed by atoms with E-state index in [1.54, 1.807) is 31.3 Å². The van der Waals surface area contributed by atoms with Gasteiger partial charge in [0.1, 0.15) is 0 Å². The predicted molar refractivity (Wildman–Crippen MR) is 110 cm³/mol. The van der Waals surface area contributed by atoms with E-state index >= 15 is 0 Å². The van der Waals surface area contributed by atoms with Gasteiger partial charge in [-0.15, -0.1) is 0 Å². The number of nitrogens with zero attached hydrogens (tertiary/aromatic N) is 2. The molecule has 2 heterocycles. The van der Waals surface area contributed by atoms with Crippen molar-refractivity contribution in [3.63, 3.8) is 0 Å². The van der Waals surface area contributed by atoms with E-state index in [1.807, 2.05) is 17.0 Å². The topological polar surface area (TPSA) is 75.4 Å². The summed E-state index contributed by atoms with van der Waals surface area (Å²) < 4.78 is 5.41. The SMILES string of the molecule is CNC(=O)c1ccccc1-c1cc(C(=O)N2CCC(c3ccccc3)CC2)no1. The molecule has 0 spiro atoms. The Hall–Kier alpha value is -3.41. The minimum absolute atomic E-state index is 0.135. The van der Waals surface area contributed by atoms with Crippen LogP contribution in [0.2, 0.25) is 0 Å². The number of hydrogen-bond acceptors (Lipinski definition) is 4. The summed E-state index contributed by atoms with van der Waals surface area (Å²) in [6.07, 6.45) is 1.86. The summed E-state index contributed by atoms with van der Waals surface area (Å²) in [6.45, 7) is 1.38. The van der Waals surface area contributed by atoms with Gasteiger partial charge in [0.25, 0.3) is 11.8 Å². The van der Waals surface area contributed by atoms with E-state index in [0.29, 0.717) is 35.9 Å². The number of amides is 2. The summed E-state index contributed by atoms with van der Waals surface area (Å²) in [5.74, 6) is 0.538. The summed E-state index contributed by atoms with van der Waals surface area (Å²) >= 11 is 0. The third-order valence-electron chi connectivity index (χ3n) is 5.45. The Bertz CT molecular complexity index is 1000. The molecule has 0 saturated carbocycles. The fraction of sp³-hybridized carbons (Fsp3) is 0.261. The summed E-state index contributed by atoms with van der Waals surface area (Å²) in [6, 6.07) is 19.2. The quantitative estimate of drug-likeness (QED) is 0.738. The molecule has 0 radical (unpaired) electrons. The second kappa shape index (κ2) is 8.31. The van der Waals surface area contributed by atoms with Crippen LogP contribution < -0.4 is 5.32 Å². The Kier molecular flexibility index (Phi) is 5.42. The molecule has 1 fully saturated rings. The first-order valence-electron chi connectivity index (χ1n) is 9.80. The zero-order valence-electron chi connectivity index (χ0n) is 16.3. The van der Waals surface area contributed by atoms with Gasteiger partial charge in [0.15, 0.2) is 11.5 Å². The van der Waals surface area contributed by atoms with Crippen LogP contribution in [0.4, 0.5) is 0 Å². The predicted octanol–water partition coefficient (Wildman–Crippen LogP) is 3.72.